The number of nitrogens with zero attached hydrogens (tertiary/aromatic N) is 4. The van der Waals surface area contributed by atoms with Crippen LogP contribution in [0.1, 0.15) is 0 Å². The molecule has 0 unspecified atom stereocenters. The van der Waals surface area contributed by atoms with Crippen LogP contribution in [0.5, 0.6) is 0 Å². The van der Waals surface area contributed by atoms with E-state index in [0.29, 0.717) is 0 Å². The Morgan fingerprint density at radius 3 is 0.969 bits per heavy atom. The highest BCUT2D eigenvalue weighted by Gasteiger charge is 2.10. The van der Waals surface area contributed by atoms with Crippen LogP contribution >= 0.6 is 0 Å². The zero-order valence-electron chi connectivity index (χ0n) is 18.8. The molecule has 6 heteroatoms. The molecule has 0 N–H and O–H groups in total. The lowest BCUT2D eigenvalue weighted by atomic mass is 10.1. The Bertz CT molecular complexity index is 1010. The minimum absolute atomic E-state index is 0. The third-order valence-electron chi connectivity index (χ3n) is 5.32. The summed E-state index contributed by atoms with van der Waals surface area (Å²) in [5.74, 6) is 0. The molecule has 0 radical (unpaired) electrons. The zero-order valence-corrected chi connectivity index (χ0v) is 20.3. The lowest BCUT2D eigenvalue weighted by Gasteiger charge is -2.11. The monoisotopic (exact) mass is 466 g/mol. The Morgan fingerprint density at radius 1 is 0.438 bits per heavy atom. The summed E-state index contributed by atoms with van der Waals surface area (Å²) in [6.45, 7) is 0. The molecule has 4 aromatic rings. The molecule has 0 amide bonds. The molecule has 4 rings (SSSR count). The Balaban J connectivity index is 0.00000181. The summed E-state index contributed by atoms with van der Waals surface area (Å²) in [7, 11) is 8.22. The fourth-order valence-corrected chi connectivity index (χ4v) is 3.43. The number of halogens is 2. The van der Waals surface area contributed by atoms with Gasteiger partial charge in [-0.25, -0.2) is 0 Å². The van der Waals surface area contributed by atoms with Crippen LogP contribution in [-0.2, 0) is 0 Å². The fraction of sp³-hybridized carbons (Fsp3) is 0.154. The first-order valence-electron chi connectivity index (χ1n) is 10.1. The van der Waals surface area contributed by atoms with Crippen molar-refractivity contribution in [3.05, 3.63) is 97.6 Å². The quantitative estimate of drug-likeness (QED) is 0.317. The zero-order chi connectivity index (χ0) is 21.1. The molecule has 2 aromatic heterocycles. The largest absolute Gasteiger partial charge is 1.00 e. The van der Waals surface area contributed by atoms with Gasteiger partial charge in [-0.1, -0.05) is 0 Å². The van der Waals surface area contributed by atoms with Crippen LogP contribution in [0.3, 0.4) is 0 Å². The second-order valence-electron chi connectivity index (χ2n) is 7.81. The van der Waals surface area contributed by atoms with Crippen LogP contribution in [0.2, 0.25) is 0 Å². The summed E-state index contributed by atoms with van der Waals surface area (Å²) >= 11 is 0. The third-order valence-corrected chi connectivity index (χ3v) is 5.32. The normalized spacial score (nSPS) is 10.0. The summed E-state index contributed by atoms with van der Waals surface area (Å²) in [5.41, 5.74) is 7.10. The smallest absolute Gasteiger partial charge is 0.210 e. The SMILES string of the molecule is CN(C)c1ccc(-[n+]2ccc(-c3cc[n+](-c4ccc(N(C)C)cc4)cc3)cc2)cc1.[Cl-].[Cl-]. The molecule has 0 aliphatic heterocycles. The molecular formula is C26H28Cl2N4. The van der Waals surface area contributed by atoms with Gasteiger partial charge in [0.1, 0.15) is 0 Å². The first-order chi connectivity index (χ1) is 14.5. The number of anilines is 2. The van der Waals surface area contributed by atoms with E-state index in [1.165, 1.54) is 22.5 Å². The van der Waals surface area contributed by atoms with Gasteiger partial charge >= 0.3 is 0 Å². The van der Waals surface area contributed by atoms with Gasteiger partial charge in [-0.05, 0) is 35.4 Å². The maximum absolute atomic E-state index is 2.16. The summed E-state index contributed by atoms with van der Waals surface area (Å²) < 4.78 is 4.27. The van der Waals surface area contributed by atoms with E-state index < -0.39 is 0 Å². The van der Waals surface area contributed by atoms with Crippen molar-refractivity contribution in [2.45, 2.75) is 0 Å². The molecular weight excluding hydrogens is 439 g/mol. The summed E-state index contributed by atoms with van der Waals surface area (Å²) in [6, 6.07) is 25.7. The Kier molecular flexibility index (Phi) is 8.64. The number of hydrogen-bond donors (Lipinski definition) is 0. The maximum atomic E-state index is 2.16. The van der Waals surface area contributed by atoms with Gasteiger partial charge in [-0.3, -0.25) is 0 Å². The average molecular weight is 467 g/mol. The van der Waals surface area contributed by atoms with Crippen molar-refractivity contribution in [1.29, 1.82) is 0 Å². The highest BCUT2D eigenvalue weighted by Crippen LogP contribution is 2.18. The second kappa shape index (κ2) is 11.0. The summed E-state index contributed by atoms with van der Waals surface area (Å²) in [6.07, 6.45) is 8.45. The predicted octanol–water partition coefficient (Wildman–Crippen LogP) is -1.95. The molecule has 4 nitrogen and oxygen atoms in total. The molecule has 0 aliphatic carbocycles. The molecule has 166 valence electrons. The van der Waals surface area contributed by atoms with E-state index in [2.05, 4.69) is 145 Å². The van der Waals surface area contributed by atoms with E-state index in [4.69, 9.17) is 0 Å². The van der Waals surface area contributed by atoms with Crippen molar-refractivity contribution in [1.82, 2.24) is 0 Å². The topological polar surface area (TPSA) is 14.2 Å². The summed E-state index contributed by atoms with van der Waals surface area (Å²) in [5, 5.41) is 0. The molecule has 0 spiro atoms. The van der Waals surface area contributed by atoms with Crippen LogP contribution in [0, 0.1) is 0 Å². The number of benzene rings is 2. The maximum Gasteiger partial charge on any atom is 0.210 e. The van der Waals surface area contributed by atoms with E-state index in [9.17, 15) is 0 Å². The molecule has 32 heavy (non-hydrogen) atoms. The van der Waals surface area contributed by atoms with Crippen LogP contribution < -0.4 is 43.7 Å². The standard InChI is InChI=1S/C26H28N4.2ClH/c1-27(2)23-5-9-25(10-6-23)29-17-13-21(14-18-29)22-15-19-30(20-16-22)26-11-7-24(8-12-26)28(3)4;;/h5-20H,1-4H3;2*1H/q+2;;/p-2. The molecule has 0 fully saturated rings. The number of hydrogen-bond acceptors (Lipinski definition) is 2. The summed E-state index contributed by atoms with van der Waals surface area (Å²) in [4.78, 5) is 4.21. The third kappa shape index (κ3) is 5.58. The van der Waals surface area contributed by atoms with Gasteiger partial charge in [0.15, 0.2) is 24.8 Å². The van der Waals surface area contributed by atoms with Gasteiger partial charge < -0.3 is 34.6 Å². The molecule has 0 aliphatic rings. The van der Waals surface area contributed by atoms with E-state index in [0.717, 1.165) is 11.4 Å². The highest BCUT2D eigenvalue weighted by atomic mass is 35.5. The lowest BCUT2D eigenvalue weighted by molar-refractivity contribution is -0.596. The molecule has 0 bridgehead atoms. The van der Waals surface area contributed by atoms with E-state index in [-0.39, 0.29) is 24.8 Å². The second-order valence-corrected chi connectivity index (χ2v) is 7.81. The fourth-order valence-electron chi connectivity index (χ4n) is 3.43. The van der Waals surface area contributed by atoms with Crippen molar-refractivity contribution in [3.63, 3.8) is 0 Å². The van der Waals surface area contributed by atoms with Gasteiger partial charge in [0.05, 0.1) is 0 Å². The Hall–Kier alpha value is -3.08. The van der Waals surface area contributed by atoms with Gasteiger partial charge in [-0.2, -0.15) is 9.13 Å². The van der Waals surface area contributed by atoms with Gasteiger partial charge in [0.2, 0.25) is 11.4 Å². The minimum atomic E-state index is 0. The number of aromatic nitrogens is 2. The minimum Gasteiger partial charge on any atom is -1.00 e. The molecule has 0 saturated carbocycles. The first kappa shape index (κ1) is 25.2. The van der Waals surface area contributed by atoms with Gasteiger partial charge in [0, 0.05) is 88.1 Å². The van der Waals surface area contributed by atoms with E-state index in [1.54, 1.807) is 0 Å². The molecule has 2 heterocycles. The lowest BCUT2D eigenvalue weighted by Crippen LogP contribution is -3.00. The van der Waals surface area contributed by atoms with Crippen molar-refractivity contribution < 1.29 is 33.9 Å². The van der Waals surface area contributed by atoms with Crippen LogP contribution in [-0.4, -0.2) is 28.2 Å². The Labute approximate surface area is 203 Å². The van der Waals surface area contributed by atoms with Gasteiger partial charge in [0.25, 0.3) is 0 Å². The van der Waals surface area contributed by atoms with Crippen molar-refractivity contribution in [2.24, 2.45) is 0 Å². The predicted molar refractivity (Wildman–Crippen MR) is 124 cm³/mol. The van der Waals surface area contributed by atoms with Crippen molar-refractivity contribution in [2.75, 3.05) is 38.0 Å². The first-order valence-corrected chi connectivity index (χ1v) is 10.1. The van der Waals surface area contributed by atoms with Gasteiger partial charge in [-0.15, -0.1) is 0 Å². The molecule has 0 atom stereocenters. The Morgan fingerprint density at radius 2 is 0.719 bits per heavy atom. The average Bonchev–Trinajstić information content (AvgIpc) is 2.79. The number of rotatable bonds is 5. The van der Waals surface area contributed by atoms with Crippen molar-refractivity contribution >= 4 is 11.4 Å². The molecule has 0 saturated heterocycles. The number of pyridine rings is 2. The van der Waals surface area contributed by atoms with Crippen LogP contribution in [0.15, 0.2) is 97.6 Å². The highest BCUT2D eigenvalue weighted by molar-refractivity contribution is 5.61. The van der Waals surface area contributed by atoms with E-state index >= 15 is 0 Å². The van der Waals surface area contributed by atoms with Crippen molar-refractivity contribution in [3.8, 4) is 22.5 Å². The molecule has 2 aromatic carbocycles. The van der Waals surface area contributed by atoms with E-state index in [1.807, 2.05) is 0 Å². The van der Waals surface area contributed by atoms with Crippen LogP contribution in [0.4, 0.5) is 11.4 Å². The van der Waals surface area contributed by atoms with Crippen LogP contribution in [0.25, 0.3) is 22.5 Å².